The molecule has 0 bridgehead atoms. The monoisotopic (exact) mass is 541 g/mol. The molecule has 1 saturated heterocycles. The Bertz CT molecular complexity index is 1160. The van der Waals surface area contributed by atoms with Crippen molar-refractivity contribution in [1.82, 2.24) is 4.90 Å². The molecule has 3 heterocycles. The average molecular weight is 542 g/mol. The molecule has 1 aliphatic heterocycles. The zero-order chi connectivity index (χ0) is 27.2. The van der Waals surface area contributed by atoms with Gasteiger partial charge in [0.05, 0.1) is 31.1 Å². The van der Waals surface area contributed by atoms with Crippen LogP contribution in [-0.2, 0) is 22.7 Å². The molecule has 0 saturated carbocycles. The topological polar surface area (TPSA) is 111 Å². The molecule has 2 aromatic rings. The van der Waals surface area contributed by atoms with Crippen molar-refractivity contribution < 1.29 is 29.3 Å². The summed E-state index contributed by atoms with van der Waals surface area (Å²) in [6.45, 7) is 3.99. The molecule has 2 aromatic heterocycles. The van der Waals surface area contributed by atoms with Gasteiger partial charge in [0.15, 0.2) is 0 Å². The lowest BCUT2D eigenvalue weighted by molar-refractivity contribution is -0.140. The summed E-state index contributed by atoms with van der Waals surface area (Å²) in [5, 5.41) is 33.2. The van der Waals surface area contributed by atoms with E-state index in [9.17, 15) is 24.9 Å². The summed E-state index contributed by atoms with van der Waals surface area (Å²) in [7, 11) is 0. The standard InChI is InChI=1S/C30H39NO6S/c1-3-6-19(14-21-10-11-22(17-32)37-21)9-12-26(34)27-20(7-4-2)15-24-28(25(27)18-33)30(36)31(29(24)35)16-23-8-5-13-38-23/h5,8,10-11,13-14,24-26,28,32-34H,3-4,6-7,9,12,15-18H2,1-2H3/b19-14+/t24-,25+,26-,28-/m1/s1. The van der Waals surface area contributed by atoms with Crippen molar-refractivity contribution >= 4 is 29.2 Å². The van der Waals surface area contributed by atoms with E-state index < -0.39 is 23.9 Å². The van der Waals surface area contributed by atoms with Crippen molar-refractivity contribution in [3.8, 4) is 0 Å². The maximum absolute atomic E-state index is 13.5. The molecule has 0 unspecified atom stereocenters. The van der Waals surface area contributed by atoms with E-state index in [0.717, 1.165) is 47.3 Å². The van der Waals surface area contributed by atoms with E-state index in [0.29, 0.717) is 30.8 Å². The van der Waals surface area contributed by atoms with Crippen LogP contribution in [0.25, 0.3) is 6.08 Å². The Kier molecular flexibility index (Phi) is 9.76. The number of aliphatic hydroxyl groups excluding tert-OH is 3. The second-order valence-electron chi connectivity index (χ2n) is 10.3. The van der Waals surface area contributed by atoms with Crippen molar-refractivity contribution in [2.24, 2.45) is 17.8 Å². The van der Waals surface area contributed by atoms with E-state index in [1.165, 1.54) is 16.2 Å². The molecule has 0 radical (unpaired) electrons. The molecule has 7 nitrogen and oxygen atoms in total. The number of aliphatic hydroxyl groups is 3. The number of carbonyl (C=O) groups excluding carboxylic acids is 2. The van der Waals surface area contributed by atoms with Crippen molar-refractivity contribution in [3.05, 3.63) is 62.8 Å². The van der Waals surface area contributed by atoms with Crippen molar-refractivity contribution in [2.75, 3.05) is 6.61 Å². The lowest BCUT2D eigenvalue weighted by Gasteiger charge is -2.36. The summed E-state index contributed by atoms with van der Waals surface area (Å²) in [5.74, 6) is -0.901. The lowest BCUT2D eigenvalue weighted by atomic mass is 9.67. The van der Waals surface area contributed by atoms with Crippen molar-refractivity contribution in [2.45, 2.75) is 78.0 Å². The fraction of sp³-hybridized carbons (Fsp3) is 0.533. The summed E-state index contributed by atoms with van der Waals surface area (Å²) in [6.07, 6.45) is 6.09. The van der Waals surface area contributed by atoms with Gasteiger partial charge in [0.1, 0.15) is 18.1 Å². The van der Waals surface area contributed by atoms with Crippen LogP contribution in [0, 0.1) is 17.8 Å². The zero-order valence-corrected chi connectivity index (χ0v) is 23.1. The van der Waals surface area contributed by atoms with Gasteiger partial charge in [0, 0.05) is 10.8 Å². The predicted molar refractivity (Wildman–Crippen MR) is 147 cm³/mol. The molecular weight excluding hydrogens is 502 g/mol. The fourth-order valence-corrected chi connectivity index (χ4v) is 6.80. The number of thiophene rings is 1. The maximum atomic E-state index is 13.5. The number of nitrogens with zero attached hydrogens (tertiary/aromatic N) is 1. The minimum absolute atomic E-state index is 0.152. The number of imide groups is 1. The van der Waals surface area contributed by atoms with Crippen molar-refractivity contribution in [1.29, 1.82) is 0 Å². The molecule has 8 heteroatoms. The van der Waals surface area contributed by atoms with Gasteiger partial charge in [-0.2, -0.15) is 0 Å². The normalized spacial score (nSPS) is 22.9. The number of furan rings is 1. The first-order valence-electron chi connectivity index (χ1n) is 13.7. The molecule has 0 aromatic carbocycles. The highest BCUT2D eigenvalue weighted by molar-refractivity contribution is 7.09. The molecule has 1 fully saturated rings. The Balaban J connectivity index is 1.55. The van der Waals surface area contributed by atoms with Crippen LogP contribution in [0.3, 0.4) is 0 Å². The van der Waals surface area contributed by atoms with Crippen LogP contribution in [0.1, 0.15) is 75.2 Å². The van der Waals surface area contributed by atoms with Gasteiger partial charge in [0.25, 0.3) is 0 Å². The number of carbonyl (C=O) groups is 2. The van der Waals surface area contributed by atoms with E-state index in [1.807, 2.05) is 29.7 Å². The number of amides is 2. The Morgan fingerprint density at radius 2 is 1.97 bits per heavy atom. The van der Waals surface area contributed by atoms with Gasteiger partial charge in [0.2, 0.25) is 11.8 Å². The van der Waals surface area contributed by atoms with Gasteiger partial charge in [-0.25, -0.2) is 0 Å². The third-order valence-electron chi connectivity index (χ3n) is 7.77. The summed E-state index contributed by atoms with van der Waals surface area (Å²) in [6, 6.07) is 7.40. The quantitative estimate of drug-likeness (QED) is 0.241. The molecular formula is C30H39NO6S. The van der Waals surface area contributed by atoms with Gasteiger partial charge in [-0.3, -0.25) is 14.5 Å². The van der Waals surface area contributed by atoms with Crippen LogP contribution < -0.4 is 0 Å². The molecule has 4 rings (SSSR count). The number of hydrogen-bond donors (Lipinski definition) is 3. The molecule has 2 amide bonds. The third kappa shape index (κ3) is 6.04. The highest BCUT2D eigenvalue weighted by atomic mass is 32.1. The molecule has 4 atom stereocenters. The van der Waals surface area contributed by atoms with E-state index in [4.69, 9.17) is 4.42 Å². The van der Waals surface area contributed by atoms with Crippen LogP contribution in [0.15, 0.2) is 50.8 Å². The smallest absolute Gasteiger partial charge is 0.234 e. The second kappa shape index (κ2) is 13.0. The first-order chi connectivity index (χ1) is 18.4. The third-order valence-corrected chi connectivity index (χ3v) is 8.63. The summed E-state index contributed by atoms with van der Waals surface area (Å²) in [5.41, 5.74) is 2.90. The van der Waals surface area contributed by atoms with Crippen LogP contribution in [-0.4, -0.2) is 44.7 Å². The Labute approximate surface area is 228 Å². The van der Waals surface area contributed by atoms with Crippen LogP contribution in [0.2, 0.25) is 0 Å². The summed E-state index contributed by atoms with van der Waals surface area (Å²) < 4.78 is 5.63. The molecule has 3 N–H and O–H groups in total. The largest absolute Gasteiger partial charge is 0.459 e. The number of likely N-dealkylation sites (tertiary alicyclic amines) is 1. The van der Waals surface area contributed by atoms with E-state index in [-0.39, 0.29) is 31.6 Å². The minimum atomic E-state index is -0.811. The second-order valence-corrected chi connectivity index (χ2v) is 11.4. The summed E-state index contributed by atoms with van der Waals surface area (Å²) >= 11 is 1.51. The van der Waals surface area contributed by atoms with Crippen LogP contribution >= 0.6 is 11.3 Å². The van der Waals surface area contributed by atoms with Gasteiger partial charge >= 0.3 is 0 Å². The van der Waals surface area contributed by atoms with Crippen LogP contribution in [0.4, 0.5) is 0 Å². The molecule has 0 spiro atoms. The maximum Gasteiger partial charge on any atom is 0.234 e. The molecule has 2 aliphatic rings. The SMILES string of the molecule is CCCC1=C([C@H](O)CC/C(=C/c2ccc(CO)o2)CCC)[C@H](CO)[C@@H]2C(=O)N(Cc3cccs3)C(=O)[C@@H]2C1. The first kappa shape index (κ1) is 28.5. The lowest BCUT2D eigenvalue weighted by Crippen LogP contribution is -2.39. The number of rotatable bonds is 13. The number of allylic oxidation sites excluding steroid dienone is 2. The van der Waals surface area contributed by atoms with E-state index >= 15 is 0 Å². The minimum Gasteiger partial charge on any atom is -0.459 e. The Hall–Kier alpha value is -2.52. The van der Waals surface area contributed by atoms with Gasteiger partial charge in [-0.15, -0.1) is 11.3 Å². The van der Waals surface area contributed by atoms with Crippen molar-refractivity contribution in [3.63, 3.8) is 0 Å². The van der Waals surface area contributed by atoms with Gasteiger partial charge in [-0.1, -0.05) is 43.9 Å². The average Bonchev–Trinajstić information content (AvgIpc) is 3.65. The Morgan fingerprint density at radius 3 is 2.61 bits per heavy atom. The molecule has 206 valence electrons. The van der Waals surface area contributed by atoms with E-state index in [1.54, 1.807) is 6.07 Å². The highest BCUT2D eigenvalue weighted by Crippen LogP contribution is 2.47. The predicted octanol–water partition coefficient (Wildman–Crippen LogP) is 5.07. The fourth-order valence-electron chi connectivity index (χ4n) is 6.10. The number of fused-ring (bicyclic) bond motifs is 1. The number of hydrogen-bond acceptors (Lipinski definition) is 7. The van der Waals surface area contributed by atoms with E-state index in [2.05, 4.69) is 13.8 Å². The highest BCUT2D eigenvalue weighted by Gasteiger charge is 2.54. The Morgan fingerprint density at radius 1 is 1.16 bits per heavy atom. The summed E-state index contributed by atoms with van der Waals surface area (Å²) in [4.78, 5) is 29.2. The van der Waals surface area contributed by atoms with Gasteiger partial charge in [-0.05, 0) is 67.3 Å². The van der Waals surface area contributed by atoms with Crippen LogP contribution in [0.5, 0.6) is 0 Å². The molecule has 38 heavy (non-hydrogen) atoms. The molecule has 1 aliphatic carbocycles. The van der Waals surface area contributed by atoms with Gasteiger partial charge < -0.3 is 19.7 Å². The zero-order valence-electron chi connectivity index (χ0n) is 22.3. The first-order valence-corrected chi connectivity index (χ1v) is 14.6.